The van der Waals surface area contributed by atoms with Crippen molar-refractivity contribution >= 4 is 0 Å². The Balaban J connectivity index is 2.79. The number of hydrogen-bond donors (Lipinski definition) is 0. The molecular weight excluding hydrogens is 120 g/mol. The zero-order valence-corrected chi connectivity index (χ0v) is 6.30. The van der Waals surface area contributed by atoms with Crippen molar-refractivity contribution in [1.29, 1.82) is 0 Å². The molecule has 1 rings (SSSR count). The normalized spacial score (nSPS) is 21.7. The van der Waals surface area contributed by atoms with Crippen molar-refractivity contribution < 1.29 is 0 Å². The highest BCUT2D eigenvalue weighted by Gasteiger charge is 1.94. The molecule has 1 aliphatic rings. The Morgan fingerprint density at radius 3 is 2.80 bits per heavy atom. The van der Waals surface area contributed by atoms with E-state index in [1.165, 1.54) is 11.1 Å². The molecule has 0 unspecified atom stereocenters. The Hall–Kier alpha value is -1.04. The number of allylic oxidation sites excluding steroid dienone is 7. The molecule has 10 heavy (non-hydrogen) atoms. The van der Waals surface area contributed by atoms with E-state index in [1.54, 1.807) is 0 Å². The molecule has 0 saturated heterocycles. The first-order valence-electron chi connectivity index (χ1n) is 3.50. The van der Waals surface area contributed by atoms with E-state index in [0.29, 0.717) is 0 Å². The van der Waals surface area contributed by atoms with Crippen molar-refractivity contribution in [1.82, 2.24) is 0 Å². The zero-order valence-electron chi connectivity index (χ0n) is 6.30. The molecule has 52 valence electrons. The first-order valence-corrected chi connectivity index (χ1v) is 3.50. The molecule has 0 fully saturated rings. The molecule has 0 radical (unpaired) electrons. The molecule has 0 spiro atoms. The quantitative estimate of drug-likeness (QED) is 0.475. The Labute approximate surface area is 62.3 Å². The lowest BCUT2D eigenvalue weighted by Crippen LogP contribution is -1.77. The first kappa shape index (κ1) is 7.07. The lowest BCUT2D eigenvalue weighted by molar-refractivity contribution is 1.22. The Morgan fingerprint density at radius 1 is 1.40 bits per heavy atom. The van der Waals surface area contributed by atoms with Gasteiger partial charge in [0.25, 0.3) is 0 Å². The second kappa shape index (κ2) is 3.21. The molecule has 0 heteroatoms. The van der Waals surface area contributed by atoms with Gasteiger partial charge in [0.1, 0.15) is 0 Å². The summed E-state index contributed by atoms with van der Waals surface area (Å²) in [7, 11) is 0. The summed E-state index contributed by atoms with van der Waals surface area (Å²) in [5, 5.41) is 0. The fraction of sp³-hybridized carbons (Fsp3) is 0.200. The van der Waals surface area contributed by atoms with Crippen molar-refractivity contribution in [2.45, 2.75) is 13.3 Å². The first-order chi connectivity index (χ1) is 4.83. The molecule has 0 aromatic heterocycles. The van der Waals surface area contributed by atoms with Crippen LogP contribution in [-0.4, -0.2) is 0 Å². The minimum Gasteiger partial charge on any atom is -0.0955 e. The van der Waals surface area contributed by atoms with E-state index in [9.17, 15) is 0 Å². The van der Waals surface area contributed by atoms with Crippen LogP contribution in [-0.2, 0) is 0 Å². The van der Waals surface area contributed by atoms with Gasteiger partial charge in [0, 0.05) is 0 Å². The number of hydrogen-bond acceptors (Lipinski definition) is 0. The highest BCUT2D eigenvalue weighted by Crippen LogP contribution is 2.14. The largest absolute Gasteiger partial charge is 0.0955 e. The minimum atomic E-state index is 0.990. The second-order valence-electron chi connectivity index (χ2n) is 2.42. The van der Waals surface area contributed by atoms with Gasteiger partial charge in [-0.2, -0.15) is 0 Å². The van der Waals surface area contributed by atoms with Crippen LogP contribution in [0.3, 0.4) is 0 Å². The Morgan fingerprint density at radius 2 is 2.10 bits per heavy atom. The van der Waals surface area contributed by atoms with Gasteiger partial charge in [-0.25, -0.2) is 0 Å². The number of rotatable bonds is 0. The van der Waals surface area contributed by atoms with Crippen LogP contribution >= 0.6 is 0 Å². The predicted octanol–water partition coefficient (Wildman–Crippen LogP) is 3.01. The standard InChI is InChI=1S/C10H12/c1-3-10-7-5-4-6-9(2)8-10/h3-7H,2,8H2,1H3/b10-3-. The Bertz CT molecular complexity index is 214. The summed E-state index contributed by atoms with van der Waals surface area (Å²) in [6, 6.07) is 0. The monoisotopic (exact) mass is 132 g/mol. The van der Waals surface area contributed by atoms with Crippen LogP contribution in [0.2, 0.25) is 0 Å². The molecule has 0 aromatic rings. The van der Waals surface area contributed by atoms with Crippen molar-refractivity contribution in [3.8, 4) is 0 Å². The summed E-state index contributed by atoms with van der Waals surface area (Å²) < 4.78 is 0. The van der Waals surface area contributed by atoms with Gasteiger partial charge >= 0.3 is 0 Å². The third kappa shape index (κ3) is 1.73. The van der Waals surface area contributed by atoms with E-state index in [2.05, 4.69) is 25.7 Å². The Kier molecular flexibility index (Phi) is 2.27. The van der Waals surface area contributed by atoms with Gasteiger partial charge in [0.15, 0.2) is 0 Å². The fourth-order valence-corrected chi connectivity index (χ4v) is 0.949. The average Bonchev–Trinajstić information content (AvgIpc) is 2.13. The second-order valence-corrected chi connectivity index (χ2v) is 2.42. The van der Waals surface area contributed by atoms with Gasteiger partial charge < -0.3 is 0 Å². The fourth-order valence-electron chi connectivity index (χ4n) is 0.949. The van der Waals surface area contributed by atoms with Gasteiger partial charge in [-0.05, 0) is 18.9 Å². The summed E-state index contributed by atoms with van der Waals surface area (Å²) in [6.45, 7) is 5.96. The molecular formula is C10H12. The van der Waals surface area contributed by atoms with Gasteiger partial charge in [0.2, 0.25) is 0 Å². The lowest BCUT2D eigenvalue weighted by atomic mass is 10.1. The summed E-state index contributed by atoms with van der Waals surface area (Å²) in [5.41, 5.74) is 2.52. The molecule has 0 atom stereocenters. The van der Waals surface area contributed by atoms with Crippen molar-refractivity contribution in [3.05, 3.63) is 48.1 Å². The van der Waals surface area contributed by atoms with Crippen LogP contribution in [0.1, 0.15) is 13.3 Å². The highest BCUT2D eigenvalue weighted by atomic mass is 14.0. The van der Waals surface area contributed by atoms with E-state index in [0.717, 1.165) is 6.42 Å². The van der Waals surface area contributed by atoms with E-state index >= 15 is 0 Å². The van der Waals surface area contributed by atoms with Gasteiger partial charge in [0.05, 0.1) is 0 Å². The molecule has 0 aliphatic heterocycles. The van der Waals surface area contributed by atoms with Crippen molar-refractivity contribution in [2.24, 2.45) is 0 Å². The molecule has 0 N–H and O–H groups in total. The molecule has 0 aromatic carbocycles. The molecule has 0 nitrogen and oxygen atoms in total. The van der Waals surface area contributed by atoms with E-state index < -0.39 is 0 Å². The molecule has 0 bridgehead atoms. The zero-order chi connectivity index (χ0) is 7.40. The third-order valence-corrected chi connectivity index (χ3v) is 1.56. The van der Waals surface area contributed by atoms with E-state index in [1.807, 2.05) is 18.2 Å². The van der Waals surface area contributed by atoms with Crippen LogP contribution in [0.5, 0.6) is 0 Å². The van der Waals surface area contributed by atoms with Crippen molar-refractivity contribution in [3.63, 3.8) is 0 Å². The summed E-state index contributed by atoms with van der Waals surface area (Å²) >= 11 is 0. The lowest BCUT2D eigenvalue weighted by Gasteiger charge is -1.96. The summed E-state index contributed by atoms with van der Waals surface area (Å²) in [5.74, 6) is 0. The smallest absolute Gasteiger partial charge is 0.00349 e. The minimum absolute atomic E-state index is 0.990. The molecule has 0 amide bonds. The SMILES string of the molecule is C=C1C=CC=C/C(=C/C)C1. The summed E-state index contributed by atoms with van der Waals surface area (Å²) in [6.07, 6.45) is 11.4. The topological polar surface area (TPSA) is 0 Å². The van der Waals surface area contributed by atoms with Crippen LogP contribution in [0.15, 0.2) is 48.1 Å². The van der Waals surface area contributed by atoms with E-state index in [4.69, 9.17) is 0 Å². The highest BCUT2D eigenvalue weighted by molar-refractivity contribution is 5.35. The molecule has 0 heterocycles. The third-order valence-electron chi connectivity index (χ3n) is 1.56. The van der Waals surface area contributed by atoms with Crippen LogP contribution in [0.4, 0.5) is 0 Å². The maximum Gasteiger partial charge on any atom is -0.00349 e. The maximum atomic E-state index is 3.90. The average molecular weight is 132 g/mol. The maximum absolute atomic E-state index is 3.90. The molecule has 1 aliphatic carbocycles. The van der Waals surface area contributed by atoms with Gasteiger partial charge in [-0.1, -0.05) is 42.5 Å². The molecule has 0 saturated carbocycles. The van der Waals surface area contributed by atoms with Gasteiger partial charge in [-0.15, -0.1) is 0 Å². The predicted molar refractivity (Wildman–Crippen MR) is 45.8 cm³/mol. The van der Waals surface area contributed by atoms with Gasteiger partial charge in [-0.3, -0.25) is 0 Å². The van der Waals surface area contributed by atoms with Crippen LogP contribution in [0, 0.1) is 0 Å². The van der Waals surface area contributed by atoms with Crippen LogP contribution in [0.25, 0.3) is 0 Å². The van der Waals surface area contributed by atoms with E-state index in [-0.39, 0.29) is 0 Å². The van der Waals surface area contributed by atoms with Crippen molar-refractivity contribution in [2.75, 3.05) is 0 Å². The van der Waals surface area contributed by atoms with Crippen LogP contribution < -0.4 is 0 Å². The summed E-state index contributed by atoms with van der Waals surface area (Å²) in [4.78, 5) is 0.